The van der Waals surface area contributed by atoms with Crippen molar-refractivity contribution in [3.8, 4) is 6.07 Å². The standard InChI is InChI=1S/C19H18N4O3S2/c1-3-26-16(24)8-12-10-27-19(21-12)28-11(2)17(25)13(9-20)18-22-14-6-4-5-7-15(14)23-18/h4-7,10-11,25H,3,8H2,1-2H3,(H,22,23)/b17-13-/t11-/m0/s1. The van der Waals surface area contributed by atoms with Crippen LogP contribution in [0.3, 0.4) is 0 Å². The number of hydrogen-bond acceptors (Lipinski definition) is 8. The molecule has 0 radical (unpaired) electrons. The van der Waals surface area contributed by atoms with Crippen molar-refractivity contribution in [1.82, 2.24) is 15.0 Å². The fraction of sp³-hybridized carbons (Fsp3) is 0.263. The molecule has 1 atom stereocenters. The van der Waals surface area contributed by atoms with Gasteiger partial charge in [-0.3, -0.25) is 4.79 Å². The van der Waals surface area contributed by atoms with Crippen LogP contribution in [0.5, 0.6) is 0 Å². The van der Waals surface area contributed by atoms with Crippen molar-refractivity contribution in [2.45, 2.75) is 29.9 Å². The number of para-hydroxylation sites is 2. The van der Waals surface area contributed by atoms with Gasteiger partial charge in [0.25, 0.3) is 0 Å². The summed E-state index contributed by atoms with van der Waals surface area (Å²) in [7, 11) is 0. The molecule has 0 saturated carbocycles. The summed E-state index contributed by atoms with van der Waals surface area (Å²) in [5, 5.41) is 21.5. The molecule has 0 spiro atoms. The summed E-state index contributed by atoms with van der Waals surface area (Å²) >= 11 is 2.69. The summed E-state index contributed by atoms with van der Waals surface area (Å²) in [6.07, 6.45) is 0.115. The summed E-state index contributed by atoms with van der Waals surface area (Å²) in [5.74, 6) is -0.0683. The molecule has 1 aromatic carbocycles. The summed E-state index contributed by atoms with van der Waals surface area (Å²) in [5.41, 5.74) is 2.24. The maximum atomic E-state index is 11.6. The van der Waals surface area contributed by atoms with Gasteiger partial charge in [0.15, 0.2) is 10.2 Å². The molecule has 2 heterocycles. The minimum absolute atomic E-state index is 0.0753. The maximum absolute atomic E-state index is 11.6. The number of thiazole rings is 1. The van der Waals surface area contributed by atoms with Gasteiger partial charge in [-0.1, -0.05) is 23.9 Å². The van der Waals surface area contributed by atoms with Crippen LogP contribution >= 0.6 is 23.1 Å². The zero-order valence-electron chi connectivity index (χ0n) is 15.3. The Labute approximate surface area is 170 Å². The Morgan fingerprint density at radius 1 is 1.43 bits per heavy atom. The first-order valence-corrected chi connectivity index (χ1v) is 10.3. The van der Waals surface area contributed by atoms with Crippen molar-refractivity contribution in [3.63, 3.8) is 0 Å². The molecule has 0 amide bonds. The lowest BCUT2D eigenvalue weighted by molar-refractivity contribution is -0.142. The van der Waals surface area contributed by atoms with Gasteiger partial charge in [-0.15, -0.1) is 11.3 Å². The predicted molar refractivity (Wildman–Crippen MR) is 109 cm³/mol. The van der Waals surface area contributed by atoms with Gasteiger partial charge >= 0.3 is 5.97 Å². The number of hydrogen-bond donors (Lipinski definition) is 2. The van der Waals surface area contributed by atoms with Gasteiger partial charge in [0, 0.05) is 5.38 Å². The molecule has 0 bridgehead atoms. The number of carbonyl (C=O) groups is 1. The Morgan fingerprint density at radius 3 is 2.93 bits per heavy atom. The highest BCUT2D eigenvalue weighted by molar-refractivity contribution is 8.01. The minimum Gasteiger partial charge on any atom is -0.510 e. The molecular formula is C19H18N4O3S2. The first kappa shape index (κ1) is 19.9. The third-order valence-electron chi connectivity index (χ3n) is 3.82. The van der Waals surface area contributed by atoms with E-state index in [1.54, 1.807) is 19.2 Å². The van der Waals surface area contributed by atoms with Crippen molar-refractivity contribution in [2.24, 2.45) is 0 Å². The van der Waals surface area contributed by atoms with E-state index in [0.717, 1.165) is 11.0 Å². The number of aliphatic hydroxyl groups excluding tert-OH is 1. The van der Waals surface area contributed by atoms with Crippen LogP contribution in [0.15, 0.2) is 39.7 Å². The Morgan fingerprint density at radius 2 is 2.21 bits per heavy atom. The third kappa shape index (κ3) is 4.52. The fourth-order valence-corrected chi connectivity index (χ4v) is 4.54. The van der Waals surface area contributed by atoms with Crippen LogP contribution < -0.4 is 0 Å². The van der Waals surface area contributed by atoms with Crippen LogP contribution in [0.1, 0.15) is 25.4 Å². The number of nitrogens with zero attached hydrogens (tertiary/aromatic N) is 3. The van der Waals surface area contributed by atoms with Gasteiger partial charge in [-0.2, -0.15) is 5.26 Å². The number of imidazole rings is 1. The van der Waals surface area contributed by atoms with Crippen LogP contribution in [0, 0.1) is 11.3 Å². The van der Waals surface area contributed by atoms with Gasteiger partial charge in [0.1, 0.15) is 17.4 Å². The number of thioether (sulfide) groups is 1. The van der Waals surface area contributed by atoms with E-state index >= 15 is 0 Å². The van der Waals surface area contributed by atoms with Crippen molar-refractivity contribution in [1.29, 1.82) is 5.26 Å². The lowest BCUT2D eigenvalue weighted by Crippen LogP contribution is -2.07. The molecule has 2 aromatic heterocycles. The van der Waals surface area contributed by atoms with E-state index in [2.05, 4.69) is 15.0 Å². The average Bonchev–Trinajstić information content (AvgIpc) is 3.28. The number of aromatic amines is 1. The molecule has 144 valence electrons. The van der Waals surface area contributed by atoms with Crippen LogP contribution in [0.2, 0.25) is 0 Å². The zero-order valence-corrected chi connectivity index (χ0v) is 16.9. The molecule has 2 N–H and O–H groups in total. The summed E-state index contributed by atoms with van der Waals surface area (Å²) < 4.78 is 5.61. The summed E-state index contributed by atoms with van der Waals surface area (Å²) in [4.78, 5) is 23.4. The topological polar surface area (TPSA) is 112 Å². The Kier molecular flexibility index (Phi) is 6.34. The lowest BCUT2D eigenvalue weighted by Gasteiger charge is -2.09. The number of carbonyl (C=O) groups excluding carboxylic acids is 1. The summed E-state index contributed by atoms with van der Waals surface area (Å²) in [6.45, 7) is 3.87. The highest BCUT2D eigenvalue weighted by Crippen LogP contribution is 2.32. The number of fused-ring (bicyclic) bond motifs is 1. The second-order valence-electron chi connectivity index (χ2n) is 5.82. The molecular weight excluding hydrogens is 396 g/mol. The third-order valence-corrected chi connectivity index (χ3v) is 5.95. The molecule has 0 unspecified atom stereocenters. The highest BCUT2D eigenvalue weighted by Gasteiger charge is 2.20. The van der Waals surface area contributed by atoms with Gasteiger partial charge in [-0.05, 0) is 26.0 Å². The maximum Gasteiger partial charge on any atom is 0.311 e. The SMILES string of the molecule is CCOC(=O)Cc1csc(S[C@@H](C)/C(O)=C(\C#N)c2nc3ccccc3[nH]2)n1. The van der Waals surface area contributed by atoms with Gasteiger partial charge in [-0.25, -0.2) is 9.97 Å². The number of rotatable bonds is 7. The molecule has 7 nitrogen and oxygen atoms in total. The van der Waals surface area contributed by atoms with Crippen molar-refractivity contribution in [3.05, 3.63) is 46.9 Å². The smallest absolute Gasteiger partial charge is 0.311 e. The van der Waals surface area contributed by atoms with Crippen LogP contribution in [-0.2, 0) is 16.0 Å². The number of esters is 1. The van der Waals surface area contributed by atoms with Crippen molar-refractivity contribution < 1.29 is 14.6 Å². The van der Waals surface area contributed by atoms with Crippen molar-refractivity contribution in [2.75, 3.05) is 6.61 Å². The Hall–Kier alpha value is -2.83. The predicted octanol–water partition coefficient (Wildman–Crippen LogP) is 4.10. The summed E-state index contributed by atoms with van der Waals surface area (Å²) in [6, 6.07) is 9.46. The molecule has 28 heavy (non-hydrogen) atoms. The molecule has 0 aliphatic rings. The normalized spacial score (nSPS) is 13.0. The quantitative estimate of drug-likeness (QED) is 0.259. The van der Waals surface area contributed by atoms with Crippen LogP contribution in [0.25, 0.3) is 16.6 Å². The number of benzene rings is 1. The van der Waals surface area contributed by atoms with E-state index in [1.165, 1.54) is 23.1 Å². The number of H-pyrrole nitrogens is 1. The zero-order chi connectivity index (χ0) is 20.1. The second-order valence-corrected chi connectivity index (χ2v) is 8.27. The Bertz CT molecular complexity index is 1030. The fourth-order valence-electron chi connectivity index (χ4n) is 2.50. The van der Waals surface area contributed by atoms with Gasteiger partial charge in [0.05, 0.1) is 35.0 Å². The minimum atomic E-state index is -0.413. The van der Waals surface area contributed by atoms with Crippen LogP contribution in [0.4, 0.5) is 0 Å². The van der Waals surface area contributed by atoms with E-state index in [9.17, 15) is 15.2 Å². The highest BCUT2D eigenvalue weighted by atomic mass is 32.2. The van der Waals surface area contributed by atoms with Crippen molar-refractivity contribution >= 4 is 45.7 Å². The van der Waals surface area contributed by atoms with Gasteiger partial charge < -0.3 is 14.8 Å². The monoisotopic (exact) mass is 414 g/mol. The first-order chi connectivity index (χ1) is 13.5. The first-order valence-electron chi connectivity index (χ1n) is 8.56. The number of aliphatic hydroxyl groups is 1. The van der Waals surface area contributed by atoms with E-state index in [0.29, 0.717) is 22.5 Å². The van der Waals surface area contributed by atoms with E-state index < -0.39 is 5.25 Å². The molecule has 0 aliphatic carbocycles. The number of nitriles is 1. The number of aromatic nitrogens is 3. The van der Waals surface area contributed by atoms with E-state index in [1.807, 2.05) is 30.3 Å². The Balaban J connectivity index is 1.77. The largest absolute Gasteiger partial charge is 0.510 e. The molecule has 0 fully saturated rings. The van der Waals surface area contributed by atoms with E-state index in [-0.39, 0.29) is 23.7 Å². The number of nitrogens with one attached hydrogen (secondary N) is 1. The average molecular weight is 415 g/mol. The molecule has 9 heteroatoms. The lowest BCUT2D eigenvalue weighted by atomic mass is 10.2. The number of ether oxygens (including phenoxy) is 1. The van der Waals surface area contributed by atoms with E-state index in [4.69, 9.17) is 4.74 Å². The second kappa shape index (κ2) is 8.91. The number of allylic oxidation sites excluding steroid dienone is 1. The van der Waals surface area contributed by atoms with Crippen LogP contribution in [-0.4, -0.2) is 37.9 Å². The molecule has 3 rings (SSSR count). The molecule has 0 aliphatic heterocycles. The molecule has 0 saturated heterocycles. The molecule has 3 aromatic rings. The van der Waals surface area contributed by atoms with Gasteiger partial charge in [0.2, 0.25) is 0 Å².